The molecule has 8 heteroatoms. The maximum atomic E-state index is 12.6. The molecule has 2 aromatic rings. The lowest BCUT2D eigenvalue weighted by Crippen LogP contribution is -2.47. The second-order valence-corrected chi connectivity index (χ2v) is 7.87. The van der Waals surface area contributed by atoms with Crippen LogP contribution in [0.4, 0.5) is 0 Å². The molecule has 0 saturated carbocycles. The Bertz CT molecular complexity index is 890. The van der Waals surface area contributed by atoms with Crippen LogP contribution in [0.25, 0.3) is 10.2 Å². The molecule has 1 N–H and O–H groups in total. The van der Waals surface area contributed by atoms with E-state index in [1.807, 2.05) is 27.7 Å². The summed E-state index contributed by atoms with van der Waals surface area (Å²) in [4.78, 5) is 46.7. The second-order valence-electron chi connectivity index (χ2n) is 6.87. The van der Waals surface area contributed by atoms with Crippen molar-refractivity contribution in [3.8, 4) is 0 Å². The molecule has 7 nitrogen and oxygen atoms in total. The van der Waals surface area contributed by atoms with Gasteiger partial charge in [-0.1, -0.05) is 0 Å². The van der Waals surface area contributed by atoms with Gasteiger partial charge in [0.2, 0.25) is 0 Å². The standard InChI is InChI=1S/C18H25N3O4S/c1-8(2)21(9(3)4)17(23)11(6)25-18(24)14-10(5)13-15(22)19-12(7)20-16(13)26-14/h8-9,11H,1-7H3,(H,19,20,22)/t11-/m1/s1. The number of hydrogen-bond donors (Lipinski definition) is 1. The molecule has 0 saturated heterocycles. The largest absolute Gasteiger partial charge is 0.448 e. The van der Waals surface area contributed by atoms with Crippen molar-refractivity contribution in [2.75, 3.05) is 0 Å². The van der Waals surface area contributed by atoms with E-state index in [1.54, 1.807) is 25.7 Å². The maximum absolute atomic E-state index is 12.6. The molecule has 1 amide bonds. The van der Waals surface area contributed by atoms with Crippen molar-refractivity contribution in [2.24, 2.45) is 0 Å². The minimum atomic E-state index is -0.912. The lowest BCUT2D eigenvalue weighted by molar-refractivity contribution is -0.143. The van der Waals surface area contributed by atoms with E-state index in [4.69, 9.17) is 4.74 Å². The number of fused-ring (bicyclic) bond motifs is 1. The number of aromatic nitrogens is 2. The summed E-state index contributed by atoms with van der Waals surface area (Å²) in [7, 11) is 0. The number of amides is 1. The minimum Gasteiger partial charge on any atom is -0.448 e. The fourth-order valence-corrected chi connectivity index (χ4v) is 4.14. The van der Waals surface area contributed by atoms with Gasteiger partial charge in [-0.2, -0.15) is 0 Å². The molecule has 1 atom stereocenters. The fourth-order valence-electron chi connectivity index (χ4n) is 3.03. The third-order valence-corrected chi connectivity index (χ3v) is 5.27. The number of hydrogen-bond acceptors (Lipinski definition) is 6. The Balaban J connectivity index is 2.29. The zero-order chi connectivity index (χ0) is 19.8. The number of H-pyrrole nitrogens is 1. The third kappa shape index (κ3) is 3.80. The Hall–Kier alpha value is -2.22. The van der Waals surface area contributed by atoms with Crippen LogP contribution in [-0.4, -0.2) is 44.9 Å². The number of carbonyl (C=O) groups excluding carboxylic acids is 2. The van der Waals surface area contributed by atoms with Gasteiger partial charge in [0, 0.05) is 12.1 Å². The number of esters is 1. The van der Waals surface area contributed by atoms with E-state index in [1.165, 1.54) is 0 Å². The fraction of sp³-hybridized carbons (Fsp3) is 0.556. The number of rotatable bonds is 5. The molecule has 0 aliphatic heterocycles. The Labute approximate surface area is 156 Å². The second kappa shape index (κ2) is 7.57. The number of nitrogens with zero attached hydrogens (tertiary/aromatic N) is 2. The number of aromatic amines is 1. The zero-order valence-electron chi connectivity index (χ0n) is 16.2. The van der Waals surface area contributed by atoms with Gasteiger partial charge in [-0.15, -0.1) is 11.3 Å². The van der Waals surface area contributed by atoms with Crippen LogP contribution < -0.4 is 5.56 Å². The molecule has 2 rings (SSSR count). The highest BCUT2D eigenvalue weighted by Crippen LogP contribution is 2.28. The van der Waals surface area contributed by atoms with Crippen molar-refractivity contribution in [3.05, 3.63) is 26.6 Å². The Morgan fingerprint density at radius 2 is 1.69 bits per heavy atom. The average Bonchev–Trinajstić information content (AvgIpc) is 2.83. The van der Waals surface area contributed by atoms with Crippen LogP contribution in [0.2, 0.25) is 0 Å². The lowest BCUT2D eigenvalue weighted by atomic mass is 10.2. The first kappa shape index (κ1) is 20.1. The van der Waals surface area contributed by atoms with Gasteiger partial charge in [-0.05, 0) is 54.0 Å². The quantitative estimate of drug-likeness (QED) is 0.807. The van der Waals surface area contributed by atoms with E-state index in [2.05, 4.69) is 9.97 Å². The normalized spacial score (nSPS) is 12.7. The van der Waals surface area contributed by atoms with Crippen LogP contribution in [0.15, 0.2) is 4.79 Å². The summed E-state index contributed by atoms with van der Waals surface area (Å²) in [5, 5.41) is 0.387. The van der Waals surface area contributed by atoms with Gasteiger partial charge < -0.3 is 14.6 Å². The monoisotopic (exact) mass is 379 g/mol. The van der Waals surface area contributed by atoms with Crippen LogP contribution in [-0.2, 0) is 9.53 Å². The highest BCUT2D eigenvalue weighted by Gasteiger charge is 2.29. The molecule has 2 heterocycles. The van der Waals surface area contributed by atoms with Crippen molar-refractivity contribution >= 4 is 33.4 Å². The smallest absolute Gasteiger partial charge is 0.349 e. The molecule has 142 valence electrons. The summed E-state index contributed by atoms with van der Waals surface area (Å²) in [6, 6.07) is 0.000829. The number of aryl methyl sites for hydroxylation is 2. The molecule has 0 aromatic carbocycles. The van der Waals surface area contributed by atoms with Crippen LogP contribution in [0.3, 0.4) is 0 Å². The van der Waals surface area contributed by atoms with Crippen LogP contribution in [0.5, 0.6) is 0 Å². The van der Waals surface area contributed by atoms with Crippen molar-refractivity contribution in [1.82, 2.24) is 14.9 Å². The molecular formula is C18H25N3O4S. The van der Waals surface area contributed by atoms with Gasteiger partial charge in [-0.25, -0.2) is 9.78 Å². The first-order valence-corrected chi connectivity index (χ1v) is 9.39. The van der Waals surface area contributed by atoms with Gasteiger partial charge in [0.15, 0.2) is 6.10 Å². The molecule has 0 aliphatic carbocycles. The molecule has 0 aliphatic rings. The van der Waals surface area contributed by atoms with E-state index in [9.17, 15) is 14.4 Å². The number of thiophene rings is 1. The predicted octanol–water partition coefficient (Wildman–Crippen LogP) is 2.79. The average molecular weight is 379 g/mol. The summed E-state index contributed by atoms with van der Waals surface area (Å²) < 4.78 is 5.40. The third-order valence-electron chi connectivity index (χ3n) is 4.10. The topological polar surface area (TPSA) is 92.4 Å². The minimum absolute atomic E-state index is 0.000415. The van der Waals surface area contributed by atoms with Crippen molar-refractivity contribution in [1.29, 1.82) is 0 Å². The zero-order valence-corrected chi connectivity index (χ0v) is 17.0. The maximum Gasteiger partial charge on any atom is 0.349 e. The molecule has 0 unspecified atom stereocenters. The molecule has 0 radical (unpaired) electrons. The van der Waals surface area contributed by atoms with Crippen LogP contribution in [0.1, 0.15) is 55.7 Å². The summed E-state index contributed by atoms with van der Waals surface area (Å²) in [6.45, 7) is 12.6. The van der Waals surface area contributed by atoms with Gasteiger partial charge in [0.25, 0.3) is 11.5 Å². The molecule has 2 aromatic heterocycles. The van der Waals surface area contributed by atoms with Gasteiger partial charge >= 0.3 is 5.97 Å². The molecule has 0 bridgehead atoms. The molecule has 0 spiro atoms. The molecule has 0 fully saturated rings. The van der Waals surface area contributed by atoms with Gasteiger partial charge in [0.05, 0.1) is 5.39 Å². The van der Waals surface area contributed by atoms with Gasteiger partial charge in [0.1, 0.15) is 15.5 Å². The van der Waals surface area contributed by atoms with Crippen molar-refractivity contribution in [3.63, 3.8) is 0 Å². The molecule has 26 heavy (non-hydrogen) atoms. The van der Waals surface area contributed by atoms with E-state index < -0.39 is 12.1 Å². The summed E-state index contributed by atoms with van der Waals surface area (Å²) in [5.74, 6) is -0.374. The van der Waals surface area contributed by atoms with Crippen molar-refractivity contribution in [2.45, 2.75) is 66.7 Å². The van der Waals surface area contributed by atoms with Gasteiger partial charge in [-0.3, -0.25) is 9.59 Å². The first-order chi connectivity index (χ1) is 12.0. The number of ether oxygens (including phenoxy) is 1. The Morgan fingerprint density at radius 1 is 1.12 bits per heavy atom. The molecular weight excluding hydrogens is 354 g/mol. The Kier molecular flexibility index (Phi) is 5.85. The van der Waals surface area contributed by atoms with Crippen LogP contribution in [0, 0.1) is 13.8 Å². The van der Waals surface area contributed by atoms with Crippen LogP contribution >= 0.6 is 11.3 Å². The summed E-state index contributed by atoms with van der Waals surface area (Å²) >= 11 is 1.10. The highest BCUT2D eigenvalue weighted by atomic mass is 32.1. The summed E-state index contributed by atoms with van der Waals surface area (Å²) in [5.41, 5.74) is 0.239. The van der Waals surface area contributed by atoms with E-state index >= 15 is 0 Å². The lowest BCUT2D eigenvalue weighted by Gasteiger charge is -2.32. The van der Waals surface area contributed by atoms with Crippen molar-refractivity contribution < 1.29 is 14.3 Å². The predicted molar refractivity (Wildman–Crippen MR) is 102 cm³/mol. The van der Waals surface area contributed by atoms with E-state index in [0.717, 1.165) is 11.3 Å². The summed E-state index contributed by atoms with van der Waals surface area (Å²) in [6.07, 6.45) is -0.912. The van der Waals surface area contributed by atoms with E-state index in [0.29, 0.717) is 26.5 Å². The highest BCUT2D eigenvalue weighted by molar-refractivity contribution is 7.20. The number of nitrogens with one attached hydrogen (secondary N) is 1. The first-order valence-electron chi connectivity index (χ1n) is 8.57. The van der Waals surface area contributed by atoms with E-state index in [-0.39, 0.29) is 23.6 Å². The SMILES string of the molecule is Cc1nc2sc(C(=O)O[C@H](C)C(=O)N(C(C)C)C(C)C)c(C)c2c(=O)[nH]1. The Morgan fingerprint density at radius 3 is 2.23 bits per heavy atom. The number of carbonyl (C=O) groups is 2.